The van der Waals surface area contributed by atoms with E-state index in [4.69, 9.17) is 0 Å². The zero-order chi connectivity index (χ0) is 13.8. The van der Waals surface area contributed by atoms with E-state index in [9.17, 15) is 9.59 Å². The smallest absolute Gasteiger partial charge is 0.271 e. The molecule has 0 radical (unpaired) electrons. The summed E-state index contributed by atoms with van der Waals surface area (Å²) < 4.78 is 1.89. The Labute approximate surface area is 112 Å². The van der Waals surface area contributed by atoms with Crippen LogP contribution in [0.3, 0.4) is 0 Å². The molecule has 0 bridgehead atoms. The van der Waals surface area contributed by atoms with Gasteiger partial charge >= 0.3 is 0 Å². The number of carbonyl (C=O) groups excluding carboxylic acids is 2. The Morgan fingerprint density at radius 2 is 2.32 bits per heavy atom. The molecule has 6 heteroatoms. The molecule has 1 fully saturated rings. The van der Waals surface area contributed by atoms with Gasteiger partial charge in [-0.2, -0.15) is 0 Å². The summed E-state index contributed by atoms with van der Waals surface area (Å²) in [4.78, 5) is 26.1. The third-order valence-corrected chi connectivity index (χ3v) is 3.44. The number of aromatic nitrogens is 1. The molecule has 2 N–H and O–H groups in total. The average Bonchev–Trinajstić information content (AvgIpc) is 2.94. The van der Waals surface area contributed by atoms with Gasteiger partial charge in [0, 0.05) is 39.4 Å². The predicted octanol–water partition coefficient (Wildman–Crippen LogP) is -0.332. The molecular weight excluding hydrogens is 244 g/mol. The lowest BCUT2D eigenvalue weighted by Crippen LogP contribution is -2.59. The van der Waals surface area contributed by atoms with Crippen LogP contribution in [0.5, 0.6) is 0 Å². The summed E-state index contributed by atoms with van der Waals surface area (Å²) in [5, 5.41) is 5.76. The van der Waals surface area contributed by atoms with Gasteiger partial charge in [0.15, 0.2) is 0 Å². The average molecular weight is 264 g/mol. The Morgan fingerprint density at radius 3 is 3.00 bits per heavy atom. The molecule has 0 aromatic carbocycles. The van der Waals surface area contributed by atoms with E-state index in [0.717, 1.165) is 6.54 Å². The molecule has 1 aliphatic rings. The van der Waals surface area contributed by atoms with Crippen molar-refractivity contribution >= 4 is 11.8 Å². The van der Waals surface area contributed by atoms with E-state index in [2.05, 4.69) is 10.6 Å². The Kier molecular flexibility index (Phi) is 4.21. The van der Waals surface area contributed by atoms with Crippen LogP contribution in [0.25, 0.3) is 0 Å². The van der Waals surface area contributed by atoms with Gasteiger partial charge in [-0.05, 0) is 19.1 Å². The van der Waals surface area contributed by atoms with Crippen molar-refractivity contribution in [2.24, 2.45) is 0 Å². The first-order chi connectivity index (χ1) is 9.19. The molecule has 19 heavy (non-hydrogen) atoms. The van der Waals surface area contributed by atoms with E-state index >= 15 is 0 Å². The number of rotatable bonds is 3. The Hall–Kier alpha value is -1.82. The van der Waals surface area contributed by atoms with Crippen molar-refractivity contribution in [2.45, 2.75) is 19.5 Å². The van der Waals surface area contributed by atoms with Crippen LogP contribution in [-0.4, -0.2) is 54.0 Å². The molecule has 2 heterocycles. The van der Waals surface area contributed by atoms with Crippen molar-refractivity contribution in [3.8, 4) is 0 Å². The predicted molar refractivity (Wildman–Crippen MR) is 71.9 cm³/mol. The number of amides is 2. The normalized spacial score (nSPS) is 19.3. The highest BCUT2D eigenvalue weighted by atomic mass is 16.2. The molecular formula is C13H20N4O2. The van der Waals surface area contributed by atoms with Crippen LogP contribution in [0.1, 0.15) is 17.4 Å². The van der Waals surface area contributed by atoms with E-state index in [-0.39, 0.29) is 11.8 Å². The van der Waals surface area contributed by atoms with Gasteiger partial charge in [0.05, 0.1) is 0 Å². The summed E-state index contributed by atoms with van der Waals surface area (Å²) in [5.74, 6) is -0.211. The van der Waals surface area contributed by atoms with Crippen LogP contribution in [0.15, 0.2) is 18.3 Å². The van der Waals surface area contributed by atoms with Crippen molar-refractivity contribution < 1.29 is 9.59 Å². The maximum Gasteiger partial charge on any atom is 0.271 e. The first-order valence-corrected chi connectivity index (χ1v) is 6.57. The third kappa shape index (κ3) is 2.63. The third-order valence-electron chi connectivity index (χ3n) is 3.44. The summed E-state index contributed by atoms with van der Waals surface area (Å²) in [6.45, 7) is 4.49. The second kappa shape index (κ2) is 5.88. The molecule has 1 aliphatic heterocycles. The summed E-state index contributed by atoms with van der Waals surface area (Å²) in [7, 11) is 1.59. The second-order valence-electron chi connectivity index (χ2n) is 4.51. The summed E-state index contributed by atoms with van der Waals surface area (Å²) in [5.41, 5.74) is 0.637. The van der Waals surface area contributed by atoms with E-state index in [1.807, 2.05) is 23.8 Å². The lowest BCUT2D eigenvalue weighted by Gasteiger charge is -2.35. The van der Waals surface area contributed by atoms with Crippen LogP contribution < -0.4 is 10.6 Å². The van der Waals surface area contributed by atoms with Gasteiger partial charge in [0.1, 0.15) is 11.7 Å². The molecule has 0 spiro atoms. The van der Waals surface area contributed by atoms with Crippen molar-refractivity contribution in [3.05, 3.63) is 24.0 Å². The highest BCUT2D eigenvalue weighted by Crippen LogP contribution is 2.12. The zero-order valence-electron chi connectivity index (χ0n) is 11.3. The first-order valence-electron chi connectivity index (χ1n) is 6.57. The number of nitrogens with zero attached hydrogens (tertiary/aromatic N) is 2. The maximum atomic E-state index is 12.6. The minimum atomic E-state index is -0.438. The van der Waals surface area contributed by atoms with Crippen LogP contribution >= 0.6 is 0 Å². The molecule has 1 aromatic rings. The van der Waals surface area contributed by atoms with Gasteiger partial charge in [0.25, 0.3) is 5.91 Å². The fourth-order valence-electron chi connectivity index (χ4n) is 2.38. The summed E-state index contributed by atoms with van der Waals surface area (Å²) in [6.07, 6.45) is 1.88. The van der Waals surface area contributed by atoms with E-state index in [1.165, 1.54) is 0 Å². The first kappa shape index (κ1) is 13.6. The zero-order valence-corrected chi connectivity index (χ0v) is 11.3. The molecule has 1 saturated heterocycles. The number of hydrogen-bond donors (Lipinski definition) is 2. The van der Waals surface area contributed by atoms with Gasteiger partial charge in [-0.15, -0.1) is 0 Å². The summed E-state index contributed by atoms with van der Waals surface area (Å²) in [6, 6.07) is 3.22. The molecule has 1 aromatic heterocycles. The number of hydrogen-bond acceptors (Lipinski definition) is 3. The molecule has 104 valence electrons. The second-order valence-corrected chi connectivity index (χ2v) is 4.51. The quantitative estimate of drug-likeness (QED) is 0.785. The standard InChI is InChI=1S/C13H20N4O2/c1-3-16-7-4-5-10(16)13(19)17-8-6-15-9-11(17)12(18)14-2/h4-5,7,11,15H,3,6,8-9H2,1-2H3,(H,14,18). The van der Waals surface area contributed by atoms with Crippen molar-refractivity contribution in [3.63, 3.8) is 0 Å². The number of piperazine rings is 1. The molecule has 1 unspecified atom stereocenters. The van der Waals surface area contributed by atoms with Gasteiger partial charge in [-0.25, -0.2) is 0 Å². The molecule has 2 rings (SSSR count). The Balaban J connectivity index is 2.22. The number of likely N-dealkylation sites (N-methyl/N-ethyl adjacent to an activating group) is 1. The van der Waals surface area contributed by atoms with E-state index < -0.39 is 6.04 Å². The monoisotopic (exact) mass is 264 g/mol. The number of nitrogens with one attached hydrogen (secondary N) is 2. The number of aryl methyl sites for hydroxylation is 1. The topological polar surface area (TPSA) is 66.4 Å². The fraction of sp³-hybridized carbons (Fsp3) is 0.538. The Morgan fingerprint density at radius 1 is 1.53 bits per heavy atom. The Bertz CT molecular complexity index is 469. The van der Waals surface area contributed by atoms with Gasteiger partial charge in [0.2, 0.25) is 5.91 Å². The van der Waals surface area contributed by atoms with Crippen molar-refractivity contribution in [1.29, 1.82) is 0 Å². The van der Waals surface area contributed by atoms with Crippen LogP contribution in [-0.2, 0) is 11.3 Å². The van der Waals surface area contributed by atoms with Crippen LogP contribution in [0.2, 0.25) is 0 Å². The highest BCUT2D eigenvalue weighted by Gasteiger charge is 2.32. The van der Waals surface area contributed by atoms with Crippen LogP contribution in [0, 0.1) is 0 Å². The van der Waals surface area contributed by atoms with Gasteiger partial charge < -0.3 is 20.1 Å². The SMILES string of the molecule is CCn1cccc1C(=O)N1CCNCC1C(=O)NC. The van der Waals surface area contributed by atoms with Crippen LogP contribution in [0.4, 0.5) is 0 Å². The molecule has 0 saturated carbocycles. The minimum absolute atomic E-state index is 0.0815. The lowest BCUT2D eigenvalue weighted by molar-refractivity contribution is -0.125. The number of carbonyl (C=O) groups is 2. The lowest BCUT2D eigenvalue weighted by atomic mass is 10.1. The molecule has 2 amide bonds. The summed E-state index contributed by atoms with van der Waals surface area (Å²) >= 11 is 0. The van der Waals surface area contributed by atoms with Gasteiger partial charge in [-0.1, -0.05) is 0 Å². The van der Waals surface area contributed by atoms with E-state index in [1.54, 1.807) is 18.0 Å². The molecule has 6 nitrogen and oxygen atoms in total. The molecule has 1 atom stereocenters. The maximum absolute atomic E-state index is 12.6. The van der Waals surface area contributed by atoms with E-state index in [0.29, 0.717) is 25.3 Å². The molecule has 0 aliphatic carbocycles. The fourth-order valence-corrected chi connectivity index (χ4v) is 2.38. The minimum Gasteiger partial charge on any atom is -0.357 e. The largest absolute Gasteiger partial charge is 0.357 e. The van der Waals surface area contributed by atoms with Crippen molar-refractivity contribution in [1.82, 2.24) is 20.1 Å². The van der Waals surface area contributed by atoms with Gasteiger partial charge in [-0.3, -0.25) is 9.59 Å². The van der Waals surface area contributed by atoms with Crippen molar-refractivity contribution in [2.75, 3.05) is 26.7 Å². The highest BCUT2D eigenvalue weighted by molar-refractivity contribution is 5.96.